The molecule has 2 nitrogen and oxygen atoms in total. The Kier molecular flexibility index (Phi) is 6.91. The van der Waals surface area contributed by atoms with Gasteiger partial charge in [0.05, 0.1) is 0 Å². The average molecular weight is 296 g/mol. The van der Waals surface area contributed by atoms with Crippen LogP contribution in [0.25, 0.3) is 0 Å². The first kappa shape index (κ1) is 14.3. The lowest BCUT2D eigenvalue weighted by Crippen LogP contribution is -1.76. The molecule has 0 saturated heterocycles. The Hall–Kier alpha value is 0.330. The molecule has 0 amide bonds. The highest BCUT2D eigenvalue weighted by molar-refractivity contribution is 8.31. The maximum atomic E-state index is 9.16. The molecule has 1 aromatic carbocycles. The van der Waals surface area contributed by atoms with Crippen LogP contribution in [-0.2, 0) is 8.26 Å². The van der Waals surface area contributed by atoms with Crippen molar-refractivity contribution in [1.82, 2.24) is 0 Å². The van der Waals surface area contributed by atoms with Crippen LogP contribution in [0.5, 0.6) is 0 Å². The zero-order valence-electron chi connectivity index (χ0n) is 6.70. The Balaban J connectivity index is 0.000000292. The highest BCUT2D eigenvalue weighted by Gasteiger charge is 1.98. The monoisotopic (exact) mass is 294 g/mol. The number of hydrogen-bond donors (Lipinski definition) is 0. The molecule has 0 radical (unpaired) electrons. The Bertz CT molecular complexity index is 341. The van der Waals surface area contributed by atoms with E-state index >= 15 is 0 Å². The number of halogens is 4. The first-order chi connectivity index (χ1) is 6.30. The maximum Gasteiger partial charge on any atom is 0.317 e. The molecule has 0 heterocycles. The molecule has 0 fully saturated rings. The van der Waals surface area contributed by atoms with Gasteiger partial charge in [-0.05, 0) is 5.56 Å². The number of rotatable bonds is 1. The van der Waals surface area contributed by atoms with Crippen molar-refractivity contribution < 1.29 is 8.42 Å². The van der Waals surface area contributed by atoms with E-state index < -0.39 is 13.1 Å². The molecule has 0 bridgehead atoms. The van der Waals surface area contributed by atoms with E-state index in [1.165, 1.54) is 0 Å². The quantitative estimate of drug-likeness (QED) is 0.582. The zero-order valence-corrected chi connectivity index (χ0v) is 10.5. The third-order valence-electron chi connectivity index (χ3n) is 1.05. The molecule has 1 aromatic rings. The van der Waals surface area contributed by atoms with E-state index in [0.717, 1.165) is 5.56 Å². The molecule has 1 rings (SSSR count). The van der Waals surface area contributed by atoms with Gasteiger partial charge in [-0.2, -0.15) is 8.42 Å². The van der Waals surface area contributed by atoms with Crippen molar-refractivity contribution >= 4 is 52.8 Å². The smallest absolute Gasteiger partial charge is 0.195 e. The molecule has 0 aromatic heterocycles. The molecular weight excluding hydrogens is 290 g/mol. The van der Waals surface area contributed by atoms with E-state index in [-0.39, 0.29) is 0 Å². The van der Waals surface area contributed by atoms with Crippen molar-refractivity contribution in [1.29, 1.82) is 0 Å². The first-order valence-electron chi connectivity index (χ1n) is 3.28. The SMILES string of the molecule is ClC(Cl)c1ccccc1.O=S(=O)(Cl)Cl. The van der Waals surface area contributed by atoms with Crippen LogP contribution in [0, 0.1) is 0 Å². The van der Waals surface area contributed by atoms with E-state index in [1.54, 1.807) is 0 Å². The van der Waals surface area contributed by atoms with Gasteiger partial charge in [0.15, 0.2) is 0 Å². The molecular formula is C7H6Cl4O2S. The van der Waals surface area contributed by atoms with Gasteiger partial charge in [-0.25, -0.2) is 0 Å². The van der Waals surface area contributed by atoms with Gasteiger partial charge < -0.3 is 0 Å². The van der Waals surface area contributed by atoms with E-state index in [2.05, 4.69) is 21.4 Å². The summed E-state index contributed by atoms with van der Waals surface area (Å²) in [6.07, 6.45) is 0. The van der Waals surface area contributed by atoms with Gasteiger partial charge in [0.1, 0.15) is 4.84 Å². The molecule has 80 valence electrons. The summed E-state index contributed by atoms with van der Waals surface area (Å²) in [4.78, 5) is -0.397. The fourth-order valence-electron chi connectivity index (χ4n) is 0.599. The predicted molar refractivity (Wildman–Crippen MR) is 61.5 cm³/mol. The fourth-order valence-corrected chi connectivity index (χ4v) is 0.889. The summed E-state index contributed by atoms with van der Waals surface area (Å²) in [5, 5.41) is 0. The van der Waals surface area contributed by atoms with Crippen molar-refractivity contribution in [3.05, 3.63) is 35.9 Å². The molecule has 0 aliphatic heterocycles. The zero-order chi connectivity index (χ0) is 11.2. The second kappa shape index (κ2) is 6.75. The molecule has 0 N–H and O–H groups in total. The Morgan fingerprint density at radius 2 is 1.36 bits per heavy atom. The van der Waals surface area contributed by atoms with Crippen LogP contribution in [-0.4, -0.2) is 8.42 Å². The van der Waals surface area contributed by atoms with Crippen molar-refractivity contribution in [3.8, 4) is 0 Å². The standard InChI is InChI=1S/C7H6Cl2.Cl2O2S/c8-7(9)6-4-2-1-3-5-6;1-5(2,3)4/h1-5,7H;. The van der Waals surface area contributed by atoms with Gasteiger partial charge in [-0.1, -0.05) is 30.3 Å². The summed E-state index contributed by atoms with van der Waals surface area (Å²) in [5.74, 6) is 0. The number of hydrogen-bond acceptors (Lipinski definition) is 2. The summed E-state index contributed by atoms with van der Waals surface area (Å²) in [6.45, 7) is 0. The largest absolute Gasteiger partial charge is 0.317 e. The minimum absolute atomic E-state index is 0.397. The second-order valence-corrected chi connectivity index (χ2v) is 6.85. The first-order valence-corrected chi connectivity index (χ1v) is 7.29. The van der Waals surface area contributed by atoms with Crippen LogP contribution in [0.2, 0.25) is 0 Å². The van der Waals surface area contributed by atoms with Gasteiger partial charge in [-0.3, -0.25) is 0 Å². The van der Waals surface area contributed by atoms with Crippen LogP contribution in [0.1, 0.15) is 10.4 Å². The van der Waals surface area contributed by atoms with Crippen molar-refractivity contribution in [2.75, 3.05) is 0 Å². The van der Waals surface area contributed by atoms with E-state index in [0.29, 0.717) is 0 Å². The molecule has 0 saturated carbocycles. The Morgan fingerprint density at radius 3 is 1.57 bits per heavy atom. The van der Waals surface area contributed by atoms with Crippen molar-refractivity contribution in [2.45, 2.75) is 4.84 Å². The minimum Gasteiger partial charge on any atom is -0.195 e. The van der Waals surface area contributed by atoms with Crippen molar-refractivity contribution in [3.63, 3.8) is 0 Å². The minimum atomic E-state index is -3.72. The van der Waals surface area contributed by atoms with Crippen LogP contribution in [0.4, 0.5) is 0 Å². The second-order valence-electron chi connectivity index (χ2n) is 2.09. The normalized spacial score (nSPS) is 10.6. The van der Waals surface area contributed by atoms with E-state index in [1.807, 2.05) is 30.3 Å². The molecule has 14 heavy (non-hydrogen) atoms. The lowest BCUT2D eigenvalue weighted by Gasteiger charge is -1.97. The Morgan fingerprint density at radius 1 is 1.00 bits per heavy atom. The van der Waals surface area contributed by atoms with Crippen LogP contribution < -0.4 is 0 Å². The average Bonchev–Trinajstić information content (AvgIpc) is 2.03. The van der Waals surface area contributed by atoms with Crippen LogP contribution in [0.15, 0.2) is 30.3 Å². The highest BCUT2D eigenvalue weighted by atomic mass is 36.0. The maximum absolute atomic E-state index is 9.16. The van der Waals surface area contributed by atoms with Crippen LogP contribution in [0.3, 0.4) is 0 Å². The lowest BCUT2D eigenvalue weighted by atomic mass is 10.2. The molecule has 7 heteroatoms. The third kappa shape index (κ3) is 10.4. The number of alkyl halides is 2. The molecule has 0 unspecified atom stereocenters. The Labute approximate surface area is 102 Å². The topological polar surface area (TPSA) is 34.1 Å². The van der Waals surface area contributed by atoms with Gasteiger partial charge in [0.2, 0.25) is 0 Å². The summed E-state index contributed by atoms with van der Waals surface area (Å²) in [5.41, 5.74) is 0.945. The number of benzene rings is 1. The van der Waals surface area contributed by atoms with Gasteiger partial charge in [0, 0.05) is 21.4 Å². The molecule has 0 spiro atoms. The van der Waals surface area contributed by atoms with E-state index in [9.17, 15) is 0 Å². The van der Waals surface area contributed by atoms with Crippen molar-refractivity contribution in [2.24, 2.45) is 0 Å². The molecule has 0 aliphatic carbocycles. The summed E-state index contributed by atoms with van der Waals surface area (Å²) < 4.78 is 18.3. The predicted octanol–water partition coefficient (Wildman–Crippen LogP) is 3.87. The summed E-state index contributed by atoms with van der Waals surface area (Å²) in [7, 11) is 4.81. The lowest BCUT2D eigenvalue weighted by molar-refractivity contribution is 0.621. The fraction of sp³-hybridized carbons (Fsp3) is 0.143. The molecule has 0 aliphatic rings. The van der Waals surface area contributed by atoms with Crippen LogP contribution >= 0.6 is 44.6 Å². The molecule has 0 atom stereocenters. The van der Waals surface area contributed by atoms with Gasteiger partial charge in [0.25, 0.3) is 0 Å². The third-order valence-corrected chi connectivity index (χ3v) is 1.56. The summed E-state index contributed by atoms with van der Waals surface area (Å²) in [6, 6.07) is 9.54. The van der Waals surface area contributed by atoms with Gasteiger partial charge in [-0.15, -0.1) is 23.2 Å². The summed E-state index contributed by atoms with van der Waals surface area (Å²) >= 11 is 11.1. The van der Waals surface area contributed by atoms with Gasteiger partial charge >= 0.3 is 8.26 Å². The highest BCUT2D eigenvalue weighted by Crippen LogP contribution is 2.23. The van der Waals surface area contributed by atoms with E-state index in [4.69, 9.17) is 31.6 Å².